The normalized spacial score (nSPS) is 17.1. The number of benzene rings is 1. The van der Waals surface area contributed by atoms with E-state index in [2.05, 4.69) is 43.5 Å². The Bertz CT molecular complexity index is 1160. The number of nitrogens with zero attached hydrogens (tertiary/aromatic N) is 6. The summed E-state index contributed by atoms with van der Waals surface area (Å²) in [5.41, 5.74) is 3.62. The Balaban J connectivity index is 1.33. The summed E-state index contributed by atoms with van der Waals surface area (Å²) in [7, 11) is 1.83. The summed E-state index contributed by atoms with van der Waals surface area (Å²) in [5.74, 6) is 1.04. The fourth-order valence-corrected chi connectivity index (χ4v) is 4.67. The van der Waals surface area contributed by atoms with E-state index in [1.165, 1.54) is 11.3 Å². The van der Waals surface area contributed by atoms with Gasteiger partial charge in [0.2, 0.25) is 0 Å². The second-order valence-electron chi connectivity index (χ2n) is 7.55. The van der Waals surface area contributed by atoms with Crippen LogP contribution in [0.1, 0.15) is 29.2 Å². The third kappa shape index (κ3) is 3.55. The molecule has 8 nitrogen and oxygen atoms in total. The first-order valence-corrected chi connectivity index (χ1v) is 10.8. The maximum atomic E-state index is 11.0. The fourth-order valence-electron chi connectivity index (χ4n) is 3.96. The van der Waals surface area contributed by atoms with Gasteiger partial charge in [-0.2, -0.15) is 5.10 Å². The lowest BCUT2D eigenvalue weighted by Gasteiger charge is -2.27. The van der Waals surface area contributed by atoms with Crippen molar-refractivity contribution < 1.29 is 5.11 Å². The highest BCUT2D eigenvalue weighted by Gasteiger charge is 2.27. The molecule has 2 unspecified atom stereocenters. The van der Waals surface area contributed by atoms with Gasteiger partial charge in [-0.05, 0) is 13.3 Å². The highest BCUT2D eigenvalue weighted by Crippen LogP contribution is 2.30. The predicted molar refractivity (Wildman–Crippen MR) is 115 cm³/mol. The fraction of sp³-hybridized carbons (Fsp3) is 0.333. The zero-order chi connectivity index (χ0) is 20.7. The first-order chi connectivity index (χ1) is 14.6. The standard InChI is InChI=1S/C21H23N7OS/c1-13-25-26-21(30-13)16-11-22-27(2)19(16)20(29)23-15-8-9-28-12-17(24-18(28)10-15)14-6-4-3-5-7-14/h3-7,11-12,15,20,23,29H,8-10H2,1-2H3. The summed E-state index contributed by atoms with van der Waals surface area (Å²) in [4.78, 5) is 4.83. The number of rotatable bonds is 5. The average molecular weight is 422 g/mol. The minimum absolute atomic E-state index is 0.123. The van der Waals surface area contributed by atoms with Gasteiger partial charge in [-0.15, -0.1) is 10.2 Å². The van der Waals surface area contributed by atoms with Crippen LogP contribution in [0.2, 0.25) is 0 Å². The van der Waals surface area contributed by atoms with E-state index in [1.54, 1.807) is 10.9 Å². The van der Waals surface area contributed by atoms with Crippen molar-refractivity contribution >= 4 is 11.3 Å². The molecule has 4 heterocycles. The van der Waals surface area contributed by atoms with Gasteiger partial charge in [-0.3, -0.25) is 10.00 Å². The monoisotopic (exact) mass is 421 g/mol. The first-order valence-electron chi connectivity index (χ1n) is 9.96. The predicted octanol–water partition coefficient (Wildman–Crippen LogP) is 2.71. The van der Waals surface area contributed by atoms with Crippen LogP contribution in [0.3, 0.4) is 0 Å². The number of aliphatic hydroxyl groups is 1. The Morgan fingerprint density at radius 2 is 2.07 bits per heavy atom. The van der Waals surface area contributed by atoms with Crippen LogP contribution in [0.5, 0.6) is 0 Å². The van der Waals surface area contributed by atoms with Gasteiger partial charge >= 0.3 is 0 Å². The van der Waals surface area contributed by atoms with E-state index >= 15 is 0 Å². The molecule has 154 valence electrons. The van der Waals surface area contributed by atoms with Gasteiger partial charge < -0.3 is 9.67 Å². The summed E-state index contributed by atoms with van der Waals surface area (Å²) < 4.78 is 3.91. The Morgan fingerprint density at radius 1 is 1.23 bits per heavy atom. The SMILES string of the molecule is Cc1nnc(-c2cnn(C)c2C(O)NC2CCn3cc(-c4ccccc4)nc3C2)s1. The number of aromatic nitrogens is 6. The third-order valence-corrected chi connectivity index (χ3v) is 6.34. The maximum absolute atomic E-state index is 11.0. The number of aliphatic hydroxyl groups excluding tert-OH is 1. The van der Waals surface area contributed by atoms with Crippen LogP contribution < -0.4 is 5.32 Å². The lowest BCUT2D eigenvalue weighted by molar-refractivity contribution is 0.109. The second-order valence-corrected chi connectivity index (χ2v) is 8.74. The van der Waals surface area contributed by atoms with E-state index in [4.69, 9.17) is 4.98 Å². The van der Waals surface area contributed by atoms with Crippen LogP contribution in [0.4, 0.5) is 0 Å². The molecule has 5 rings (SSSR count). The molecule has 9 heteroatoms. The molecule has 0 saturated carbocycles. The van der Waals surface area contributed by atoms with Crippen LogP contribution in [0, 0.1) is 6.92 Å². The molecule has 2 atom stereocenters. The van der Waals surface area contributed by atoms with E-state index in [1.807, 2.05) is 32.2 Å². The number of hydrogen-bond acceptors (Lipinski definition) is 7. The van der Waals surface area contributed by atoms with Crippen molar-refractivity contribution in [1.82, 2.24) is 34.8 Å². The molecule has 30 heavy (non-hydrogen) atoms. The second kappa shape index (κ2) is 7.75. The largest absolute Gasteiger partial charge is 0.373 e. The topological polar surface area (TPSA) is 93.7 Å². The molecule has 0 fully saturated rings. The smallest absolute Gasteiger partial charge is 0.151 e. The van der Waals surface area contributed by atoms with E-state index in [0.717, 1.165) is 52.0 Å². The van der Waals surface area contributed by atoms with Crippen molar-refractivity contribution in [2.45, 2.75) is 38.6 Å². The van der Waals surface area contributed by atoms with Crippen molar-refractivity contribution in [1.29, 1.82) is 0 Å². The van der Waals surface area contributed by atoms with E-state index in [-0.39, 0.29) is 6.04 Å². The third-order valence-electron chi connectivity index (χ3n) is 5.47. The van der Waals surface area contributed by atoms with Gasteiger partial charge in [-0.1, -0.05) is 41.7 Å². The zero-order valence-electron chi connectivity index (χ0n) is 16.9. The van der Waals surface area contributed by atoms with Crippen molar-refractivity contribution in [3.8, 4) is 21.8 Å². The lowest BCUT2D eigenvalue weighted by Crippen LogP contribution is -2.39. The van der Waals surface area contributed by atoms with Crippen LogP contribution in [0.25, 0.3) is 21.8 Å². The minimum Gasteiger partial charge on any atom is -0.373 e. The number of imidazole rings is 1. The molecule has 0 aliphatic carbocycles. The molecule has 0 radical (unpaired) electrons. The van der Waals surface area contributed by atoms with Crippen LogP contribution in [-0.4, -0.2) is 40.7 Å². The van der Waals surface area contributed by atoms with Crippen LogP contribution in [-0.2, 0) is 20.0 Å². The molecule has 3 aromatic heterocycles. The number of aryl methyl sites for hydroxylation is 3. The quantitative estimate of drug-likeness (QED) is 0.481. The summed E-state index contributed by atoms with van der Waals surface area (Å²) in [6.45, 7) is 2.78. The maximum Gasteiger partial charge on any atom is 0.151 e. The minimum atomic E-state index is -0.850. The average Bonchev–Trinajstić information content (AvgIpc) is 3.46. The Morgan fingerprint density at radius 3 is 2.83 bits per heavy atom. The molecule has 2 N–H and O–H groups in total. The molecule has 1 aliphatic rings. The lowest BCUT2D eigenvalue weighted by atomic mass is 10.1. The summed E-state index contributed by atoms with van der Waals surface area (Å²) in [6, 6.07) is 10.3. The van der Waals surface area contributed by atoms with Crippen LogP contribution >= 0.6 is 11.3 Å². The molecule has 1 aliphatic heterocycles. The van der Waals surface area contributed by atoms with Gasteiger partial charge in [0.15, 0.2) is 5.01 Å². The van der Waals surface area contributed by atoms with Gasteiger partial charge in [0.1, 0.15) is 17.1 Å². The molecule has 4 aromatic rings. The van der Waals surface area contributed by atoms with Gasteiger partial charge in [0.25, 0.3) is 0 Å². The van der Waals surface area contributed by atoms with Gasteiger partial charge in [-0.25, -0.2) is 4.98 Å². The highest BCUT2D eigenvalue weighted by molar-refractivity contribution is 7.14. The van der Waals surface area contributed by atoms with E-state index in [9.17, 15) is 5.11 Å². The summed E-state index contributed by atoms with van der Waals surface area (Å²) >= 11 is 1.50. The molecule has 0 spiro atoms. The Labute approximate surface area is 178 Å². The Kier molecular flexibility index (Phi) is 4.93. The molecule has 0 amide bonds. The van der Waals surface area contributed by atoms with Crippen molar-refractivity contribution in [3.63, 3.8) is 0 Å². The van der Waals surface area contributed by atoms with Crippen molar-refractivity contribution in [3.05, 3.63) is 59.3 Å². The molecule has 1 aromatic carbocycles. The van der Waals surface area contributed by atoms with E-state index in [0.29, 0.717) is 5.69 Å². The number of hydrogen-bond donors (Lipinski definition) is 2. The Hall–Kier alpha value is -2.88. The van der Waals surface area contributed by atoms with Gasteiger partial charge in [0.05, 0.1) is 23.1 Å². The van der Waals surface area contributed by atoms with Crippen molar-refractivity contribution in [2.24, 2.45) is 7.05 Å². The zero-order valence-corrected chi connectivity index (χ0v) is 17.7. The molecular weight excluding hydrogens is 398 g/mol. The summed E-state index contributed by atoms with van der Waals surface area (Å²) in [6.07, 6.45) is 4.68. The molecule has 0 saturated heterocycles. The number of nitrogens with one attached hydrogen (secondary N) is 1. The molecular formula is C21H23N7OS. The first kappa shape index (κ1) is 19.1. The number of fused-ring (bicyclic) bond motifs is 1. The van der Waals surface area contributed by atoms with Gasteiger partial charge in [0, 0.05) is 37.8 Å². The molecule has 0 bridgehead atoms. The van der Waals surface area contributed by atoms with Crippen LogP contribution in [0.15, 0.2) is 42.7 Å². The highest BCUT2D eigenvalue weighted by atomic mass is 32.1. The van der Waals surface area contributed by atoms with E-state index < -0.39 is 6.23 Å². The van der Waals surface area contributed by atoms with Crippen molar-refractivity contribution in [2.75, 3.05) is 0 Å². The summed E-state index contributed by atoms with van der Waals surface area (Å²) in [5, 5.41) is 28.6.